The molecule has 1 fully saturated rings. The van der Waals surface area contributed by atoms with Crippen molar-refractivity contribution in [3.63, 3.8) is 0 Å². The molecule has 1 aliphatic carbocycles. The van der Waals surface area contributed by atoms with Gasteiger partial charge in [-0.25, -0.2) is 19.9 Å². The van der Waals surface area contributed by atoms with Crippen LogP contribution in [-0.4, -0.2) is 37.4 Å². The molecule has 7 nitrogen and oxygen atoms in total. The second-order valence-electron chi connectivity index (χ2n) is 9.35. The number of aromatic nitrogens is 5. The Balaban J connectivity index is 1.17. The van der Waals surface area contributed by atoms with Crippen molar-refractivity contribution in [2.24, 2.45) is 5.41 Å². The number of nitrogens with two attached hydrogens (primary N) is 1. The molecule has 1 saturated heterocycles. The molecule has 1 spiro atoms. The highest BCUT2D eigenvalue weighted by Gasteiger charge is 2.42. The van der Waals surface area contributed by atoms with E-state index >= 15 is 0 Å². The fourth-order valence-corrected chi connectivity index (χ4v) is 7.80. The Hall–Kier alpha value is -2.62. The second-order valence-corrected chi connectivity index (χ2v) is 12.1. The summed E-state index contributed by atoms with van der Waals surface area (Å²) in [4.78, 5) is 24.4. The van der Waals surface area contributed by atoms with E-state index in [0.29, 0.717) is 16.3 Å². The molecule has 10 heteroatoms. The first-order valence-electron chi connectivity index (χ1n) is 11.4. The largest absolute Gasteiger partial charge is 0.382 e. The van der Waals surface area contributed by atoms with Gasteiger partial charge in [-0.1, -0.05) is 23.4 Å². The SMILES string of the molecule is Cc1nc2c(s1)CC1(CCN(c3nc4ccc(Sc5ccnc(N)c5Cl)c5ncc3n45)CC1)C2. The molecule has 2 N–H and O–H groups in total. The molecule has 7 rings (SSSR count). The molecular formula is C24H22ClN7S2. The van der Waals surface area contributed by atoms with Crippen LogP contribution in [0, 0.1) is 12.3 Å². The van der Waals surface area contributed by atoms with Gasteiger partial charge in [0.15, 0.2) is 11.5 Å². The summed E-state index contributed by atoms with van der Waals surface area (Å²) >= 11 is 9.81. The standard InChI is InChI=1S/C24H22ClN7S2/c1-13-29-14-10-24(11-18(14)33-13)5-8-31(9-6-24)22-15-12-28-23-17(2-3-19(30-22)32(15)23)34-16-4-7-27-21(26)20(16)25/h2-4,7,12H,5-6,8-11H2,1H3,(H2,26,27). The Labute approximate surface area is 209 Å². The van der Waals surface area contributed by atoms with Crippen LogP contribution >= 0.6 is 34.7 Å². The maximum Gasteiger partial charge on any atom is 0.157 e. The normalized spacial score (nSPS) is 17.4. The number of hydrogen-bond acceptors (Lipinski definition) is 8. The first-order valence-corrected chi connectivity index (χ1v) is 13.4. The molecule has 0 amide bonds. The maximum absolute atomic E-state index is 6.38. The molecular weight excluding hydrogens is 486 g/mol. The number of thiazole rings is 1. The van der Waals surface area contributed by atoms with Crippen LogP contribution < -0.4 is 10.6 Å². The van der Waals surface area contributed by atoms with Gasteiger partial charge in [0.05, 0.1) is 26.8 Å². The third-order valence-corrected chi connectivity index (χ3v) is 9.85. The highest BCUT2D eigenvalue weighted by molar-refractivity contribution is 7.99. The summed E-state index contributed by atoms with van der Waals surface area (Å²) in [6.45, 7) is 4.15. The van der Waals surface area contributed by atoms with Gasteiger partial charge in [-0.2, -0.15) is 0 Å². The molecule has 0 aromatic carbocycles. The first kappa shape index (κ1) is 20.7. The van der Waals surface area contributed by atoms with Crippen LogP contribution in [0.1, 0.15) is 28.4 Å². The van der Waals surface area contributed by atoms with Gasteiger partial charge in [0.1, 0.15) is 17.0 Å². The number of nitrogens with zero attached hydrogens (tertiary/aromatic N) is 6. The molecule has 0 unspecified atom stereocenters. The molecule has 6 heterocycles. The average molecular weight is 508 g/mol. The van der Waals surface area contributed by atoms with Crippen molar-refractivity contribution in [3.05, 3.63) is 51.2 Å². The zero-order valence-corrected chi connectivity index (χ0v) is 21.0. The number of anilines is 2. The molecule has 0 saturated carbocycles. The third-order valence-electron chi connectivity index (χ3n) is 7.23. The van der Waals surface area contributed by atoms with Crippen LogP contribution in [0.15, 0.2) is 40.4 Å². The van der Waals surface area contributed by atoms with Gasteiger partial charge in [-0.15, -0.1) is 11.3 Å². The van der Waals surface area contributed by atoms with Crippen molar-refractivity contribution < 1.29 is 0 Å². The van der Waals surface area contributed by atoms with E-state index in [9.17, 15) is 0 Å². The smallest absolute Gasteiger partial charge is 0.157 e. The fourth-order valence-electron chi connectivity index (χ4n) is 5.51. The number of hydrogen-bond donors (Lipinski definition) is 1. The van der Waals surface area contributed by atoms with Crippen LogP contribution in [0.4, 0.5) is 11.6 Å². The lowest BCUT2D eigenvalue weighted by atomic mass is 9.76. The minimum absolute atomic E-state index is 0.337. The lowest BCUT2D eigenvalue weighted by Crippen LogP contribution is -2.41. The third kappa shape index (κ3) is 3.10. The van der Waals surface area contributed by atoms with E-state index in [1.165, 1.54) is 34.8 Å². The topological polar surface area (TPSA) is 85.2 Å². The Kier molecular flexibility index (Phi) is 4.53. The van der Waals surface area contributed by atoms with E-state index in [4.69, 9.17) is 32.3 Å². The highest BCUT2D eigenvalue weighted by atomic mass is 35.5. The molecule has 5 aromatic heterocycles. The summed E-state index contributed by atoms with van der Waals surface area (Å²) in [5.74, 6) is 1.37. The summed E-state index contributed by atoms with van der Waals surface area (Å²) in [7, 11) is 0. The fraction of sp³-hybridized carbons (Fsp3) is 0.333. The minimum Gasteiger partial charge on any atom is -0.382 e. The summed E-state index contributed by atoms with van der Waals surface area (Å²) in [5.41, 5.74) is 10.5. The number of imidazole rings is 2. The Morgan fingerprint density at radius 3 is 2.76 bits per heavy atom. The number of aryl methyl sites for hydroxylation is 1. The van der Waals surface area contributed by atoms with Gasteiger partial charge in [0.25, 0.3) is 0 Å². The maximum atomic E-state index is 6.38. The van der Waals surface area contributed by atoms with Gasteiger partial charge in [0.2, 0.25) is 0 Å². The lowest BCUT2D eigenvalue weighted by molar-refractivity contribution is 0.232. The molecule has 0 atom stereocenters. The number of piperidine rings is 1. The van der Waals surface area contributed by atoms with Gasteiger partial charge in [-0.3, -0.25) is 4.40 Å². The van der Waals surface area contributed by atoms with Gasteiger partial charge >= 0.3 is 0 Å². The minimum atomic E-state index is 0.337. The number of fused-ring (bicyclic) bond motifs is 1. The Bertz CT molecular complexity index is 1520. The van der Waals surface area contributed by atoms with E-state index < -0.39 is 0 Å². The van der Waals surface area contributed by atoms with Crippen LogP contribution in [0.25, 0.3) is 16.8 Å². The van der Waals surface area contributed by atoms with Gasteiger partial charge in [0, 0.05) is 29.1 Å². The molecule has 5 aromatic rings. The molecule has 0 radical (unpaired) electrons. The van der Waals surface area contributed by atoms with Crippen LogP contribution in [0.3, 0.4) is 0 Å². The number of pyridine rings is 2. The monoisotopic (exact) mass is 507 g/mol. The average Bonchev–Trinajstić information content (AvgIpc) is 3.56. The van der Waals surface area contributed by atoms with Crippen molar-refractivity contribution in [3.8, 4) is 0 Å². The number of halogens is 1. The first-order chi connectivity index (χ1) is 16.5. The van der Waals surface area contributed by atoms with Gasteiger partial charge < -0.3 is 10.6 Å². The summed E-state index contributed by atoms with van der Waals surface area (Å²) in [5, 5.41) is 1.68. The van der Waals surface area contributed by atoms with Crippen molar-refractivity contribution in [1.29, 1.82) is 0 Å². The number of nitrogen functional groups attached to an aromatic ring is 1. The van der Waals surface area contributed by atoms with Crippen LogP contribution in [-0.2, 0) is 12.8 Å². The summed E-state index contributed by atoms with van der Waals surface area (Å²) in [6.07, 6.45) is 8.29. The summed E-state index contributed by atoms with van der Waals surface area (Å²) in [6, 6.07) is 5.99. The predicted molar refractivity (Wildman–Crippen MR) is 138 cm³/mol. The second kappa shape index (κ2) is 7.44. The van der Waals surface area contributed by atoms with E-state index in [1.54, 1.807) is 18.0 Å². The highest BCUT2D eigenvalue weighted by Crippen LogP contribution is 2.47. The Morgan fingerprint density at radius 1 is 1.09 bits per heavy atom. The predicted octanol–water partition coefficient (Wildman–Crippen LogP) is 5.25. The van der Waals surface area contributed by atoms with Crippen molar-refractivity contribution in [1.82, 2.24) is 24.3 Å². The molecule has 0 bridgehead atoms. The summed E-state index contributed by atoms with van der Waals surface area (Å²) < 4.78 is 2.15. The van der Waals surface area contributed by atoms with Crippen molar-refractivity contribution in [2.45, 2.75) is 42.4 Å². The van der Waals surface area contributed by atoms with E-state index in [-0.39, 0.29) is 0 Å². The molecule has 172 valence electrons. The van der Waals surface area contributed by atoms with Crippen molar-refractivity contribution in [2.75, 3.05) is 23.7 Å². The van der Waals surface area contributed by atoms with Crippen LogP contribution in [0.5, 0.6) is 0 Å². The zero-order chi connectivity index (χ0) is 23.0. The number of rotatable bonds is 3. The van der Waals surface area contributed by atoms with E-state index in [2.05, 4.69) is 33.3 Å². The zero-order valence-electron chi connectivity index (χ0n) is 18.6. The van der Waals surface area contributed by atoms with Gasteiger partial charge in [-0.05, 0) is 56.2 Å². The molecule has 1 aliphatic heterocycles. The van der Waals surface area contributed by atoms with Crippen molar-refractivity contribution >= 4 is 63.1 Å². The van der Waals surface area contributed by atoms with E-state index in [0.717, 1.165) is 51.9 Å². The lowest BCUT2D eigenvalue weighted by Gasteiger charge is -2.39. The molecule has 2 aliphatic rings. The van der Waals surface area contributed by atoms with E-state index in [1.807, 2.05) is 23.6 Å². The quantitative estimate of drug-likeness (QED) is 0.357. The molecule has 34 heavy (non-hydrogen) atoms. The van der Waals surface area contributed by atoms with Crippen LogP contribution in [0.2, 0.25) is 5.02 Å². The Morgan fingerprint density at radius 2 is 1.94 bits per heavy atom.